The van der Waals surface area contributed by atoms with Crippen molar-refractivity contribution in [2.45, 2.75) is 52.6 Å². The van der Waals surface area contributed by atoms with Crippen LogP contribution >= 0.6 is 0 Å². The van der Waals surface area contributed by atoms with Crippen LogP contribution in [-0.2, 0) is 4.79 Å². The summed E-state index contributed by atoms with van der Waals surface area (Å²) in [5, 5.41) is 12.3. The Hall–Kier alpha value is -2.90. The number of nitrogens with zero attached hydrogens (tertiary/aromatic N) is 2. The number of carboxylic acids is 1. The lowest BCUT2D eigenvalue weighted by Gasteiger charge is -2.41. The average Bonchev–Trinajstić information content (AvgIpc) is 3.51. The molecule has 0 unspecified atom stereocenters. The van der Waals surface area contributed by atoms with Crippen molar-refractivity contribution < 1.29 is 19.1 Å². The summed E-state index contributed by atoms with van der Waals surface area (Å²) in [7, 11) is 0. The Labute approximate surface area is 174 Å². The molecule has 2 N–H and O–H groups in total. The predicted octanol–water partition coefficient (Wildman–Crippen LogP) is 3.16. The van der Waals surface area contributed by atoms with E-state index in [4.69, 9.17) is 0 Å². The Balaban J connectivity index is 0.00000124. The van der Waals surface area contributed by atoms with Crippen molar-refractivity contribution in [3.8, 4) is 0 Å². The topological polar surface area (TPSA) is 91.6 Å². The number of carbonyl (C=O) groups is 2. The molecule has 1 amide bonds. The van der Waals surface area contributed by atoms with E-state index in [0.29, 0.717) is 24.3 Å². The van der Waals surface area contributed by atoms with Crippen molar-refractivity contribution >= 4 is 28.5 Å². The van der Waals surface area contributed by atoms with Crippen molar-refractivity contribution in [2.75, 3.05) is 18.0 Å². The van der Waals surface area contributed by atoms with Gasteiger partial charge >= 0.3 is 5.97 Å². The Morgan fingerprint density at radius 1 is 1.20 bits per heavy atom. The first-order valence-corrected chi connectivity index (χ1v) is 10.4. The van der Waals surface area contributed by atoms with Crippen molar-refractivity contribution in [1.29, 1.82) is 0 Å². The Kier molecular flexibility index (Phi) is 6.14. The first-order chi connectivity index (χ1) is 14.3. The van der Waals surface area contributed by atoms with Gasteiger partial charge in [-0.05, 0) is 25.0 Å². The average molecular weight is 417 g/mol. The van der Waals surface area contributed by atoms with Crippen LogP contribution in [0.2, 0.25) is 0 Å². The molecular formula is C22H28FN3O4. The van der Waals surface area contributed by atoms with Gasteiger partial charge in [-0.15, -0.1) is 0 Å². The number of pyridine rings is 1. The van der Waals surface area contributed by atoms with Crippen LogP contribution in [-0.4, -0.2) is 40.7 Å². The van der Waals surface area contributed by atoms with Crippen LogP contribution in [0, 0.1) is 11.7 Å². The number of hydrogen-bond donors (Lipinski definition) is 2. The van der Waals surface area contributed by atoms with Gasteiger partial charge in [-0.25, -0.2) is 9.18 Å². The number of hydrogen-bond acceptors (Lipinski definition) is 4. The molecule has 0 spiro atoms. The first-order valence-electron chi connectivity index (χ1n) is 10.4. The van der Waals surface area contributed by atoms with Crippen molar-refractivity contribution in [2.24, 2.45) is 5.92 Å². The molecule has 0 radical (unpaired) electrons. The molecular weight excluding hydrogens is 389 g/mol. The number of carboxylic acid groups (broad SMARTS) is 1. The molecule has 2 fully saturated rings. The predicted molar refractivity (Wildman–Crippen MR) is 114 cm³/mol. The van der Waals surface area contributed by atoms with E-state index in [2.05, 4.69) is 5.32 Å². The summed E-state index contributed by atoms with van der Waals surface area (Å²) < 4.78 is 16.5. The van der Waals surface area contributed by atoms with E-state index in [1.165, 1.54) is 6.20 Å². The SMILES string of the molecule is CC.CC(C)C(=O)NC1CN(c2cc3c(cc2F)c(=O)c(C(=O)O)cn3C2CC2)C1. The molecule has 2 aliphatic rings. The van der Waals surface area contributed by atoms with Crippen LogP contribution in [0.25, 0.3) is 10.9 Å². The van der Waals surface area contributed by atoms with Crippen LogP contribution in [0.1, 0.15) is 56.9 Å². The maximum Gasteiger partial charge on any atom is 0.341 e. The number of aromatic nitrogens is 1. The summed E-state index contributed by atoms with van der Waals surface area (Å²) in [4.78, 5) is 37.5. The van der Waals surface area contributed by atoms with E-state index < -0.39 is 17.2 Å². The standard InChI is InChI=1S/C20H22FN3O4.C2H6/c1-10(2)19(26)22-11-7-23(8-11)17-6-16-13(5-15(17)21)18(25)14(20(27)28)9-24(16)12-3-4-12;1-2/h5-6,9-12H,3-4,7-8H2,1-2H3,(H,22,26)(H,27,28);1-2H3. The summed E-state index contributed by atoms with van der Waals surface area (Å²) in [6.07, 6.45) is 3.17. The minimum Gasteiger partial charge on any atom is -0.477 e. The van der Waals surface area contributed by atoms with E-state index in [1.54, 1.807) is 10.6 Å². The second-order valence-corrected chi connectivity index (χ2v) is 7.90. The van der Waals surface area contributed by atoms with Gasteiger partial charge < -0.3 is 19.9 Å². The largest absolute Gasteiger partial charge is 0.477 e. The molecule has 8 heteroatoms. The van der Waals surface area contributed by atoms with E-state index in [1.807, 2.05) is 32.6 Å². The number of halogens is 1. The lowest BCUT2D eigenvalue weighted by Crippen LogP contribution is -2.60. The van der Waals surface area contributed by atoms with Gasteiger partial charge in [-0.2, -0.15) is 0 Å². The third-order valence-electron chi connectivity index (χ3n) is 5.36. The Morgan fingerprint density at radius 3 is 2.37 bits per heavy atom. The number of nitrogens with one attached hydrogen (secondary N) is 1. The molecule has 1 aliphatic heterocycles. The number of rotatable bonds is 5. The van der Waals surface area contributed by atoms with E-state index >= 15 is 0 Å². The van der Waals surface area contributed by atoms with Gasteiger partial charge in [0, 0.05) is 36.6 Å². The number of fused-ring (bicyclic) bond motifs is 1. The van der Waals surface area contributed by atoms with E-state index in [9.17, 15) is 23.9 Å². The summed E-state index contributed by atoms with van der Waals surface area (Å²) in [5.41, 5.74) is -0.106. The number of aromatic carboxylic acids is 1. The zero-order valence-electron chi connectivity index (χ0n) is 17.7. The second kappa shape index (κ2) is 8.45. The molecule has 0 bridgehead atoms. The van der Waals surface area contributed by atoms with Gasteiger partial charge in [0.1, 0.15) is 11.4 Å². The summed E-state index contributed by atoms with van der Waals surface area (Å²) >= 11 is 0. The monoisotopic (exact) mass is 417 g/mol. The molecule has 2 aromatic rings. The molecule has 1 aliphatic carbocycles. The van der Waals surface area contributed by atoms with Gasteiger partial charge in [0.2, 0.25) is 11.3 Å². The fraction of sp³-hybridized carbons (Fsp3) is 0.500. The molecule has 1 saturated carbocycles. The molecule has 162 valence electrons. The third kappa shape index (κ3) is 4.04. The van der Waals surface area contributed by atoms with E-state index in [-0.39, 0.29) is 34.9 Å². The van der Waals surface area contributed by atoms with Crippen LogP contribution in [0.4, 0.5) is 10.1 Å². The molecule has 1 aromatic heterocycles. The fourth-order valence-corrected chi connectivity index (χ4v) is 3.54. The van der Waals surface area contributed by atoms with Gasteiger partial charge in [-0.3, -0.25) is 9.59 Å². The maximum absolute atomic E-state index is 14.7. The van der Waals surface area contributed by atoms with Crippen molar-refractivity contribution in [3.05, 3.63) is 39.9 Å². The highest BCUT2D eigenvalue weighted by Crippen LogP contribution is 2.38. The molecule has 30 heavy (non-hydrogen) atoms. The highest BCUT2D eigenvalue weighted by Gasteiger charge is 2.32. The summed E-state index contributed by atoms with van der Waals surface area (Å²) in [6, 6.07) is 2.86. The van der Waals surface area contributed by atoms with Crippen molar-refractivity contribution in [3.63, 3.8) is 0 Å². The van der Waals surface area contributed by atoms with E-state index in [0.717, 1.165) is 18.9 Å². The number of carbonyl (C=O) groups excluding carboxylic acids is 1. The van der Waals surface area contributed by atoms with Crippen LogP contribution in [0.5, 0.6) is 0 Å². The summed E-state index contributed by atoms with van der Waals surface area (Å²) in [6.45, 7) is 8.61. The van der Waals surface area contributed by atoms with Crippen LogP contribution in [0.15, 0.2) is 23.1 Å². The summed E-state index contributed by atoms with van der Waals surface area (Å²) in [5.74, 6) is -2.02. The van der Waals surface area contributed by atoms with Crippen LogP contribution < -0.4 is 15.6 Å². The minimum absolute atomic E-state index is 0.0348. The molecule has 0 atom stereocenters. The third-order valence-corrected chi connectivity index (χ3v) is 5.36. The van der Waals surface area contributed by atoms with Crippen LogP contribution in [0.3, 0.4) is 0 Å². The second-order valence-electron chi connectivity index (χ2n) is 7.90. The number of benzene rings is 1. The van der Waals surface area contributed by atoms with Gasteiger partial charge in [0.15, 0.2) is 0 Å². The zero-order chi connectivity index (χ0) is 22.2. The van der Waals surface area contributed by atoms with Gasteiger partial charge in [0.25, 0.3) is 0 Å². The Morgan fingerprint density at radius 2 is 1.83 bits per heavy atom. The normalized spacial score (nSPS) is 16.1. The maximum atomic E-state index is 14.7. The highest BCUT2D eigenvalue weighted by molar-refractivity contribution is 5.93. The smallest absolute Gasteiger partial charge is 0.341 e. The van der Waals surface area contributed by atoms with Gasteiger partial charge in [-0.1, -0.05) is 27.7 Å². The molecule has 1 aromatic carbocycles. The lowest BCUT2D eigenvalue weighted by atomic mass is 10.0. The molecule has 7 nitrogen and oxygen atoms in total. The molecule has 2 heterocycles. The van der Waals surface area contributed by atoms with Gasteiger partial charge in [0.05, 0.1) is 17.2 Å². The first kappa shape index (κ1) is 21.8. The highest BCUT2D eigenvalue weighted by atomic mass is 19.1. The number of anilines is 1. The quantitative estimate of drug-likeness (QED) is 0.780. The minimum atomic E-state index is -1.31. The zero-order valence-corrected chi connectivity index (χ0v) is 17.7. The Bertz CT molecular complexity index is 1040. The molecule has 4 rings (SSSR count). The fourth-order valence-electron chi connectivity index (χ4n) is 3.54. The lowest BCUT2D eigenvalue weighted by molar-refractivity contribution is -0.124. The molecule has 1 saturated heterocycles. The number of amides is 1. The van der Waals surface area contributed by atoms with Crippen molar-refractivity contribution in [1.82, 2.24) is 9.88 Å².